The molecule has 1 heterocycles. The van der Waals surface area contributed by atoms with E-state index >= 15 is 0 Å². The van der Waals surface area contributed by atoms with Gasteiger partial charge in [0.05, 0.1) is 11.9 Å². The molecule has 1 aromatic carbocycles. The lowest BCUT2D eigenvalue weighted by atomic mass is 10.0. The zero-order chi connectivity index (χ0) is 11.5. The molecule has 2 rings (SSSR count). The van der Waals surface area contributed by atoms with Gasteiger partial charge in [-0.3, -0.25) is 5.10 Å². The minimum atomic E-state index is -0.270. The Labute approximate surface area is 92.5 Å². The van der Waals surface area contributed by atoms with Crippen molar-refractivity contribution in [3.05, 3.63) is 41.8 Å². The first-order valence-electron chi connectivity index (χ1n) is 4.97. The molecule has 1 atom stereocenters. The molecule has 5 heteroatoms. The number of hydrogen-bond donors (Lipinski definition) is 3. The van der Waals surface area contributed by atoms with Crippen molar-refractivity contribution in [3.63, 3.8) is 0 Å². The molecule has 0 fully saturated rings. The molecule has 0 radical (unpaired) electrons. The van der Waals surface area contributed by atoms with Crippen LogP contribution in [0.4, 0.5) is 4.39 Å². The van der Waals surface area contributed by atoms with Gasteiger partial charge in [0.1, 0.15) is 5.82 Å². The van der Waals surface area contributed by atoms with Crippen molar-refractivity contribution in [2.75, 3.05) is 6.54 Å². The summed E-state index contributed by atoms with van der Waals surface area (Å²) in [7, 11) is 0. The van der Waals surface area contributed by atoms with Gasteiger partial charge in [0.25, 0.3) is 0 Å². The van der Waals surface area contributed by atoms with Crippen molar-refractivity contribution in [2.24, 2.45) is 11.5 Å². The maximum atomic E-state index is 12.8. The van der Waals surface area contributed by atoms with Gasteiger partial charge in [-0.15, -0.1) is 0 Å². The van der Waals surface area contributed by atoms with Crippen molar-refractivity contribution in [1.29, 1.82) is 0 Å². The summed E-state index contributed by atoms with van der Waals surface area (Å²) in [6, 6.07) is 5.88. The van der Waals surface area contributed by atoms with E-state index in [2.05, 4.69) is 10.2 Å². The Kier molecular flexibility index (Phi) is 2.98. The number of nitrogens with two attached hydrogens (primary N) is 2. The van der Waals surface area contributed by atoms with Crippen LogP contribution in [-0.4, -0.2) is 16.7 Å². The predicted molar refractivity (Wildman–Crippen MR) is 60.0 cm³/mol. The topological polar surface area (TPSA) is 80.7 Å². The highest BCUT2D eigenvalue weighted by molar-refractivity contribution is 5.63. The number of halogens is 1. The molecular formula is C11H13FN4. The van der Waals surface area contributed by atoms with Crippen molar-refractivity contribution >= 4 is 0 Å². The molecule has 0 saturated carbocycles. The largest absolute Gasteiger partial charge is 0.329 e. The van der Waals surface area contributed by atoms with Crippen LogP contribution in [0.2, 0.25) is 0 Å². The predicted octanol–water partition coefficient (Wildman–Crippen LogP) is 1.17. The Balaban J connectivity index is 2.40. The third-order valence-electron chi connectivity index (χ3n) is 2.45. The lowest BCUT2D eigenvalue weighted by molar-refractivity contribution is 0.628. The first-order chi connectivity index (χ1) is 7.72. The van der Waals surface area contributed by atoms with E-state index in [1.807, 2.05) is 0 Å². The third kappa shape index (κ3) is 1.95. The monoisotopic (exact) mass is 220 g/mol. The number of nitrogens with zero attached hydrogens (tertiary/aromatic N) is 1. The summed E-state index contributed by atoms with van der Waals surface area (Å²) in [5.41, 5.74) is 13.8. The van der Waals surface area contributed by atoms with Gasteiger partial charge in [-0.25, -0.2) is 4.39 Å². The molecule has 5 N–H and O–H groups in total. The zero-order valence-electron chi connectivity index (χ0n) is 8.65. The van der Waals surface area contributed by atoms with E-state index in [4.69, 9.17) is 11.5 Å². The highest BCUT2D eigenvalue weighted by atomic mass is 19.1. The fourth-order valence-electron chi connectivity index (χ4n) is 1.55. The summed E-state index contributed by atoms with van der Waals surface area (Å²) < 4.78 is 12.8. The van der Waals surface area contributed by atoms with Crippen LogP contribution in [0, 0.1) is 5.82 Å². The molecule has 2 aromatic rings. The molecule has 1 aromatic heterocycles. The number of benzene rings is 1. The fourth-order valence-corrected chi connectivity index (χ4v) is 1.55. The van der Waals surface area contributed by atoms with Crippen molar-refractivity contribution in [3.8, 4) is 11.3 Å². The molecule has 4 nitrogen and oxygen atoms in total. The van der Waals surface area contributed by atoms with Crippen LogP contribution >= 0.6 is 0 Å². The van der Waals surface area contributed by atoms with Gasteiger partial charge in [0.2, 0.25) is 0 Å². The summed E-state index contributed by atoms with van der Waals surface area (Å²) in [6.07, 6.45) is 1.65. The second-order valence-electron chi connectivity index (χ2n) is 3.55. The van der Waals surface area contributed by atoms with Crippen molar-refractivity contribution in [2.45, 2.75) is 6.04 Å². The van der Waals surface area contributed by atoms with E-state index in [1.165, 1.54) is 12.1 Å². The second-order valence-corrected chi connectivity index (χ2v) is 3.55. The number of aromatic nitrogens is 2. The summed E-state index contributed by atoms with van der Waals surface area (Å²) in [5.74, 6) is -0.270. The summed E-state index contributed by atoms with van der Waals surface area (Å²) in [4.78, 5) is 0. The molecule has 0 amide bonds. The standard InChI is InChI=1S/C11H13FN4/c12-8-3-1-7(2-4-8)11-9(6-15-16-11)10(14)5-13/h1-4,6,10H,5,13-14H2,(H,15,16). The maximum absolute atomic E-state index is 12.8. The minimum absolute atomic E-state index is 0.265. The van der Waals surface area contributed by atoms with E-state index in [1.54, 1.807) is 18.3 Å². The number of aromatic amines is 1. The number of hydrogen-bond acceptors (Lipinski definition) is 3. The molecule has 1 unspecified atom stereocenters. The van der Waals surface area contributed by atoms with Crippen LogP contribution in [0.25, 0.3) is 11.3 Å². The van der Waals surface area contributed by atoms with Gasteiger partial charge in [0.15, 0.2) is 0 Å². The van der Waals surface area contributed by atoms with Gasteiger partial charge in [0, 0.05) is 23.7 Å². The summed E-state index contributed by atoms with van der Waals surface area (Å²) in [6.45, 7) is 0.341. The number of rotatable bonds is 3. The van der Waals surface area contributed by atoms with Gasteiger partial charge in [-0.05, 0) is 24.3 Å². The Morgan fingerprint density at radius 1 is 1.31 bits per heavy atom. The smallest absolute Gasteiger partial charge is 0.123 e. The average molecular weight is 220 g/mol. The molecule has 84 valence electrons. The lowest BCUT2D eigenvalue weighted by Gasteiger charge is -2.09. The van der Waals surface area contributed by atoms with Crippen LogP contribution in [-0.2, 0) is 0 Å². The second kappa shape index (κ2) is 4.42. The highest BCUT2D eigenvalue weighted by Gasteiger charge is 2.13. The van der Waals surface area contributed by atoms with Crippen LogP contribution in [0.15, 0.2) is 30.5 Å². The third-order valence-corrected chi connectivity index (χ3v) is 2.45. The van der Waals surface area contributed by atoms with E-state index in [9.17, 15) is 4.39 Å². The van der Waals surface area contributed by atoms with E-state index in [-0.39, 0.29) is 11.9 Å². The zero-order valence-corrected chi connectivity index (χ0v) is 8.65. The minimum Gasteiger partial charge on any atom is -0.329 e. The SMILES string of the molecule is NCC(N)c1cn[nH]c1-c1ccc(F)cc1. The summed E-state index contributed by atoms with van der Waals surface area (Å²) in [5, 5.41) is 6.78. The van der Waals surface area contributed by atoms with Crippen LogP contribution in [0.1, 0.15) is 11.6 Å². The normalized spacial score (nSPS) is 12.7. The molecule has 0 aliphatic heterocycles. The molecule has 0 spiro atoms. The van der Waals surface area contributed by atoms with E-state index in [0.717, 1.165) is 16.8 Å². The first kappa shape index (κ1) is 10.8. The molecular weight excluding hydrogens is 207 g/mol. The van der Waals surface area contributed by atoms with Crippen LogP contribution < -0.4 is 11.5 Å². The Bertz CT molecular complexity index is 463. The Morgan fingerprint density at radius 2 is 2.00 bits per heavy atom. The quantitative estimate of drug-likeness (QED) is 0.726. The lowest BCUT2D eigenvalue weighted by Crippen LogP contribution is -2.20. The van der Waals surface area contributed by atoms with Gasteiger partial charge in [-0.1, -0.05) is 0 Å². The van der Waals surface area contributed by atoms with E-state index in [0.29, 0.717) is 6.54 Å². The van der Waals surface area contributed by atoms with E-state index < -0.39 is 0 Å². The maximum Gasteiger partial charge on any atom is 0.123 e. The Morgan fingerprint density at radius 3 is 2.62 bits per heavy atom. The first-order valence-corrected chi connectivity index (χ1v) is 4.97. The Hall–Kier alpha value is -1.72. The number of nitrogens with one attached hydrogen (secondary N) is 1. The van der Waals surface area contributed by atoms with Crippen molar-refractivity contribution < 1.29 is 4.39 Å². The van der Waals surface area contributed by atoms with Gasteiger partial charge < -0.3 is 11.5 Å². The fraction of sp³-hybridized carbons (Fsp3) is 0.182. The molecule has 0 aliphatic rings. The van der Waals surface area contributed by atoms with Crippen LogP contribution in [0.5, 0.6) is 0 Å². The average Bonchev–Trinajstić information content (AvgIpc) is 2.78. The van der Waals surface area contributed by atoms with Crippen LogP contribution in [0.3, 0.4) is 0 Å². The van der Waals surface area contributed by atoms with Gasteiger partial charge >= 0.3 is 0 Å². The highest BCUT2D eigenvalue weighted by Crippen LogP contribution is 2.24. The molecule has 0 bridgehead atoms. The summed E-state index contributed by atoms with van der Waals surface area (Å²) >= 11 is 0. The van der Waals surface area contributed by atoms with Crippen molar-refractivity contribution in [1.82, 2.24) is 10.2 Å². The molecule has 16 heavy (non-hydrogen) atoms. The molecule has 0 saturated heterocycles. The molecule has 0 aliphatic carbocycles. The number of H-pyrrole nitrogens is 1. The van der Waals surface area contributed by atoms with Gasteiger partial charge in [-0.2, -0.15) is 5.10 Å².